The molecule has 142 valence electrons. The quantitative estimate of drug-likeness (QED) is 0.276. The van der Waals surface area contributed by atoms with E-state index in [0.29, 0.717) is 0 Å². The average Bonchev–Trinajstić information content (AvgIpc) is 3.13. The smallest absolute Gasteiger partial charge is 0.0720 e. The molecule has 30 heavy (non-hydrogen) atoms. The Labute approximate surface area is 181 Å². The second-order valence-electron chi connectivity index (χ2n) is 7.85. The van der Waals surface area contributed by atoms with Crippen LogP contribution in [0.25, 0.3) is 21.9 Å². The average molecular weight is 403 g/mol. The van der Waals surface area contributed by atoms with E-state index in [-0.39, 0.29) is 0 Å². The molecule has 0 saturated heterocycles. The van der Waals surface area contributed by atoms with E-state index in [1.54, 1.807) is 0 Å². The third-order valence-corrected chi connectivity index (χ3v) is 6.72. The van der Waals surface area contributed by atoms with E-state index in [1.807, 2.05) is 6.07 Å². The third kappa shape index (κ3) is 2.23. The van der Waals surface area contributed by atoms with Crippen LogP contribution >= 0.6 is 11.6 Å². The summed E-state index contributed by atoms with van der Waals surface area (Å²) in [7, 11) is 0. The summed E-state index contributed by atoms with van der Waals surface area (Å²) >= 11 is 6.85. The minimum absolute atomic E-state index is 0.418. The van der Waals surface area contributed by atoms with Crippen LogP contribution in [0.5, 0.6) is 0 Å². The Bertz CT molecular complexity index is 1350. The largest absolute Gasteiger partial charge is 0.0837 e. The Hall–Kier alpha value is -3.35. The van der Waals surface area contributed by atoms with Gasteiger partial charge in [0.25, 0.3) is 0 Å². The van der Waals surface area contributed by atoms with E-state index >= 15 is 0 Å². The number of hydrogen-bond donors (Lipinski definition) is 0. The van der Waals surface area contributed by atoms with Crippen molar-refractivity contribution in [1.82, 2.24) is 0 Å². The molecule has 0 N–H and O–H groups in total. The van der Waals surface area contributed by atoms with Gasteiger partial charge in [-0.15, -0.1) is 0 Å². The van der Waals surface area contributed by atoms with Gasteiger partial charge in [0, 0.05) is 10.6 Å². The Morgan fingerprint density at radius 1 is 0.533 bits per heavy atom. The van der Waals surface area contributed by atoms with Gasteiger partial charge in [-0.25, -0.2) is 0 Å². The van der Waals surface area contributed by atoms with Crippen LogP contribution in [-0.2, 0) is 5.41 Å². The molecule has 0 heterocycles. The number of fused-ring (bicyclic) bond motifs is 5. The number of benzene rings is 5. The lowest BCUT2D eigenvalue weighted by molar-refractivity contribution is 0.775. The van der Waals surface area contributed by atoms with Crippen molar-refractivity contribution in [3.8, 4) is 11.1 Å². The van der Waals surface area contributed by atoms with Crippen molar-refractivity contribution in [2.24, 2.45) is 0 Å². The van der Waals surface area contributed by atoms with E-state index < -0.39 is 5.41 Å². The van der Waals surface area contributed by atoms with Crippen LogP contribution < -0.4 is 0 Å². The zero-order valence-electron chi connectivity index (χ0n) is 16.3. The highest BCUT2D eigenvalue weighted by Gasteiger charge is 2.47. The molecule has 1 aliphatic rings. The summed E-state index contributed by atoms with van der Waals surface area (Å²) in [5.74, 6) is 0. The Morgan fingerprint density at radius 3 is 1.87 bits per heavy atom. The van der Waals surface area contributed by atoms with Crippen molar-refractivity contribution in [2.75, 3.05) is 0 Å². The first-order chi connectivity index (χ1) is 14.8. The lowest BCUT2D eigenvalue weighted by Crippen LogP contribution is -2.28. The summed E-state index contributed by atoms with van der Waals surface area (Å²) in [6, 6.07) is 41.1. The first-order valence-electron chi connectivity index (χ1n) is 10.2. The fraction of sp³-hybridized carbons (Fsp3) is 0.0345. The fourth-order valence-corrected chi connectivity index (χ4v) is 5.55. The fourth-order valence-electron chi connectivity index (χ4n) is 5.27. The van der Waals surface area contributed by atoms with Gasteiger partial charge in [-0.05, 0) is 44.7 Å². The molecular weight excluding hydrogens is 384 g/mol. The van der Waals surface area contributed by atoms with Crippen LogP contribution in [0.3, 0.4) is 0 Å². The van der Waals surface area contributed by atoms with Crippen LogP contribution in [-0.4, -0.2) is 0 Å². The van der Waals surface area contributed by atoms with Gasteiger partial charge in [-0.2, -0.15) is 0 Å². The molecule has 0 aliphatic heterocycles. The predicted octanol–water partition coefficient (Wildman–Crippen LogP) is 7.86. The molecular formula is C29H19Cl. The van der Waals surface area contributed by atoms with Crippen LogP contribution in [0.15, 0.2) is 115 Å². The zero-order valence-corrected chi connectivity index (χ0v) is 17.1. The highest BCUT2D eigenvalue weighted by atomic mass is 35.5. The number of hydrogen-bond acceptors (Lipinski definition) is 0. The first-order valence-corrected chi connectivity index (χ1v) is 10.6. The van der Waals surface area contributed by atoms with Gasteiger partial charge >= 0.3 is 0 Å². The maximum absolute atomic E-state index is 6.85. The van der Waals surface area contributed by atoms with Crippen molar-refractivity contribution in [1.29, 1.82) is 0 Å². The summed E-state index contributed by atoms with van der Waals surface area (Å²) in [6.07, 6.45) is 0. The Morgan fingerprint density at radius 2 is 1.17 bits per heavy atom. The summed E-state index contributed by atoms with van der Waals surface area (Å²) in [6.45, 7) is 0. The van der Waals surface area contributed by atoms with Gasteiger partial charge in [0.15, 0.2) is 0 Å². The molecule has 0 amide bonds. The third-order valence-electron chi connectivity index (χ3n) is 6.40. The number of rotatable bonds is 2. The van der Waals surface area contributed by atoms with Gasteiger partial charge < -0.3 is 0 Å². The molecule has 5 aromatic carbocycles. The second-order valence-corrected chi connectivity index (χ2v) is 8.26. The van der Waals surface area contributed by atoms with Gasteiger partial charge in [0.05, 0.1) is 5.41 Å². The van der Waals surface area contributed by atoms with Gasteiger partial charge in [-0.3, -0.25) is 0 Å². The molecule has 0 fully saturated rings. The molecule has 5 aromatic rings. The van der Waals surface area contributed by atoms with E-state index in [9.17, 15) is 0 Å². The highest BCUT2D eigenvalue weighted by Crippen LogP contribution is 2.59. The molecule has 0 unspecified atom stereocenters. The normalized spacial score (nSPS) is 13.8. The van der Waals surface area contributed by atoms with E-state index in [2.05, 4.69) is 109 Å². The van der Waals surface area contributed by atoms with Gasteiger partial charge in [-0.1, -0.05) is 121 Å². The van der Waals surface area contributed by atoms with Crippen molar-refractivity contribution in [3.63, 3.8) is 0 Å². The molecule has 0 nitrogen and oxygen atoms in total. The summed E-state index contributed by atoms with van der Waals surface area (Å²) < 4.78 is 0. The van der Waals surface area contributed by atoms with Crippen LogP contribution in [0, 0.1) is 0 Å². The van der Waals surface area contributed by atoms with Crippen molar-refractivity contribution < 1.29 is 0 Å². The maximum Gasteiger partial charge on any atom is 0.0720 e. The lowest BCUT2D eigenvalue weighted by atomic mass is 9.67. The van der Waals surface area contributed by atoms with Crippen molar-refractivity contribution in [3.05, 3.63) is 143 Å². The minimum atomic E-state index is -0.418. The molecule has 6 rings (SSSR count). The number of halogens is 1. The van der Waals surface area contributed by atoms with Crippen molar-refractivity contribution in [2.45, 2.75) is 5.41 Å². The van der Waals surface area contributed by atoms with E-state index in [4.69, 9.17) is 11.6 Å². The van der Waals surface area contributed by atoms with E-state index in [1.165, 1.54) is 38.6 Å². The van der Waals surface area contributed by atoms with Gasteiger partial charge in [0.2, 0.25) is 0 Å². The Kier molecular flexibility index (Phi) is 3.84. The molecule has 0 saturated carbocycles. The molecule has 1 aliphatic carbocycles. The molecule has 0 spiro atoms. The molecule has 0 bridgehead atoms. The van der Waals surface area contributed by atoms with Crippen LogP contribution in [0.1, 0.15) is 22.3 Å². The standard InChI is InChI=1S/C29H19Cl/c30-26-17-9-16-25-27(26)24-19-18-20-10-7-8-15-23(20)28(24)29(25,21-11-3-1-4-12-21)22-13-5-2-6-14-22/h1-19H. The van der Waals surface area contributed by atoms with Gasteiger partial charge in [0.1, 0.15) is 0 Å². The molecule has 1 heteroatoms. The Balaban J connectivity index is 1.90. The van der Waals surface area contributed by atoms with E-state index in [0.717, 1.165) is 10.6 Å². The first kappa shape index (κ1) is 17.5. The predicted molar refractivity (Wildman–Crippen MR) is 126 cm³/mol. The second kappa shape index (κ2) is 6.58. The molecule has 0 atom stereocenters. The van der Waals surface area contributed by atoms with Crippen LogP contribution in [0.2, 0.25) is 5.02 Å². The summed E-state index contributed by atoms with van der Waals surface area (Å²) in [5, 5.41) is 3.32. The summed E-state index contributed by atoms with van der Waals surface area (Å²) in [4.78, 5) is 0. The zero-order chi connectivity index (χ0) is 20.1. The topological polar surface area (TPSA) is 0 Å². The lowest BCUT2D eigenvalue weighted by Gasteiger charge is -2.34. The molecule has 0 aromatic heterocycles. The minimum Gasteiger partial charge on any atom is -0.0837 e. The molecule has 0 radical (unpaired) electrons. The maximum atomic E-state index is 6.85. The van der Waals surface area contributed by atoms with Crippen LogP contribution in [0.4, 0.5) is 0 Å². The monoisotopic (exact) mass is 402 g/mol. The SMILES string of the molecule is Clc1cccc2c1-c1ccc3ccccc3c1C2(c1ccccc1)c1ccccc1. The van der Waals surface area contributed by atoms with Crippen molar-refractivity contribution >= 4 is 22.4 Å². The highest BCUT2D eigenvalue weighted by molar-refractivity contribution is 6.34. The summed E-state index contributed by atoms with van der Waals surface area (Å²) in [5.41, 5.74) is 7.04.